The normalized spacial score (nSPS) is 16.2. The molecule has 1 N–H and O–H groups in total. The zero-order valence-corrected chi connectivity index (χ0v) is 10.8. The molecule has 0 bridgehead atoms. The minimum absolute atomic E-state index is 0.276. The summed E-state index contributed by atoms with van der Waals surface area (Å²) in [6, 6.07) is 9.18. The molecule has 0 fully saturated rings. The van der Waals surface area contributed by atoms with Crippen molar-refractivity contribution in [2.45, 2.75) is 30.5 Å². The summed E-state index contributed by atoms with van der Waals surface area (Å²) in [4.78, 5) is 10.8. The molecule has 0 aliphatic carbocycles. The minimum atomic E-state index is -1.09. The Labute approximate surface area is 106 Å². The predicted octanol–water partition coefficient (Wildman–Crippen LogP) is 3.64. The van der Waals surface area contributed by atoms with Gasteiger partial charge in [-0.25, -0.2) is 0 Å². The highest BCUT2D eigenvalue weighted by atomic mass is 35.5. The minimum Gasteiger partial charge on any atom is -0.325 e. The molecule has 0 saturated heterocycles. The number of hydrogen-bond donors (Lipinski definition) is 1. The second-order valence-corrected chi connectivity index (χ2v) is 5.08. The smallest absolute Gasteiger partial charge is 0.246 e. The van der Waals surface area contributed by atoms with Crippen molar-refractivity contribution in [2.24, 2.45) is 0 Å². The lowest BCUT2D eigenvalue weighted by Gasteiger charge is -2.25. The van der Waals surface area contributed by atoms with E-state index in [9.17, 15) is 4.79 Å². The van der Waals surface area contributed by atoms with Crippen LogP contribution < -0.4 is 5.32 Å². The number of carbonyl (C=O) groups excluding carboxylic acids is 1. The third-order valence-corrected chi connectivity index (χ3v) is 3.71. The molecule has 0 aliphatic rings. The molecule has 0 spiro atoms. The Morgan fingerprint density at radius 3 is 2.50 bits per heavy atom. The van der Waals surface area contributed by atoms with Gasteiger partial charge in [-0.3, -0.25) is 4.79 Å². The van der Waals surface area contributed by atoms with Crippen molar-refractivity contribution in [3.05, 3.63) is 30.3 Å². The van der Waals surface area contributed by atoms with Crippen molar-refractivity contribution >= 4 is 34.8 Å². The van der Waals surface area contributed by atoms with Crippen LogP contribution in [-0.2, 0) is 4.79 Å². The van der Waals surface area contributed by atoms with E-state index in [1.807, 2.05) is 25.1 Å². The van der Waals surface area contributed by atoms with E-state index in [1.165, 1.54) is 0 Å². The van der Waals surface area contributed by atoms with E-state index in [4.69, 9.17) is 23.2 Å². The number of anilines is 1. The van der Waals surface area contributed by atoms with Crippen LogP contribution in [0, 0.1) is 0 Å². The Bertz CT molecular complexity index is 351. The Morgan fingerprint density at radius 2 is 2.00 bits per heavy atom. The number of para-hydroxylation sites is 1. The van der Waals surface area contributed by atoms with Gasteiger partial charge < -0.3 is 5.32 Å². The number of alkyl halides is 2. The number of rotatable bonds is 4. The van der Waals surface area contributed by atoms with Crippen molar-refractivity contribution < 1.29 is 4.79 Å². The van der Waals surface area contributed by atoms with E-state index in [0.717, 1.165) is 5.69 Å². The lowest BCUT2D eigenvalue weighted by Crippen LogP contribution is -2.42. The molecule has 88 valence electrons. The summed E-state index contributed by atoms with van der Waals surface area (Å²) in [5, 5.41) is 2.35. The van der Waals surface area contributed by atoms with E-state index >= 15 is 0 Å². The van der Waals surface area contributed by atoms with Crippen LogP contribution in [0.3, 0.4) is 0 Å². The Balaban J connectivity index is 2.72. The van der Waals surface area contributed by atoms with Crippen LogP contribution in [0.15, 0.2) is 30.3 Å². The number of carbonyl (C=O) groups is 1. The van der Waals surface area contributed by atoms with Crippen LogP contribution in [0.25, 0.3) is 0 Å². The third-order valence-electron chi connectivity index (χ3n) is 2.42. The molecular weight excluding hydrogens is 245 g/mol. The van der Waals surface area contributed by atoms with Gasteiger partial charge >= 0.3 is 0 Å². The molecule has 0 saturated carbocycles. The maximum Gasteiger partial charge on any atom is 0.246 e. The second-order valence-electron chi connectivity index (χ2n) is 3.77. The molecule has 2 atom stereocenters. The molecule has 16 heavy (non-hydrogen) atoms. The maximum atomic E-state index is 11.9. The summed E-state index contributed by atoms with van der Waals surface area (Å²) in [6.07, 6.45) is 0.643. The van der Waals surface area contributed by atoms with Crippen LogP contribution in [0.2, 0.25) is 0 Å². The molecule has 0 heterocycles. The average Bonchev–Trinajstić information content (AvgIpc) is 2.29. The Morgan fingerprint density at radius 1 is 1.44 bits per heavy atom. The fourth-order valence-corrected chi connectivity index (χ4v) is 1.60. The van der Waals surface area contributed by atoms with Gasteiger partial charge in [-0.1, -0.05) is 25.1 Å². The van der Waals surface area contributed by atoms with E-state index in [0.29, 0.717) is 6.42 Å². The molecule has 0 aromatic heterocycles. The van der Waals surface area contributed by atoms with E-state index in [-0.39, 0.29) is 5.91 Å². The summed E-state index contributed by atoms with van der Waals surface area (Å²) >= 11 is 12.2. The first-order valence-corrected chi connectivity index (χ1v) is 5.99. The summed E-state index contributed by atoms with van der Waals surface area (Å²) in [7, 11) is 0. The van der Waals surface area contributed by atoms with Crippen LogP contribution >= 0.6 is 23.2 Å². The molecule has 2 nitrogen and oxygen atoms in total. The van der Waals surface area contributed by atoms with Gasteiger partial charge in [-0.15, -0.1) is 23.2 Å². The third kappa shape index (κ3) is 3.13. The largest absolute Gasteiger partial charge is 0.325 e. The molecule has 0 radical (unpaired) electrons. The van der Waals surface area contributed by atoms with Gasteiger partial charge in [0.05, 0.1) is 5.38 Å². The molecule has 1 aromatic rings. The lowest BCUT2D eigenvalue weighted by molar-refractivity contribution is -0.118. The highest BCUT2D eigenvalue weighted by Crippen LogP contribution is 2.28. The fraction of sp³-hybridized carbons (Fsp3) is 0.417. The Kier molecular flexibility index (Phi) is 4.63. The van der Waals surface area contributed by atoms with Gasteiger partial charge in [0, 0.05) is 5.69 Å². The fourth-order valence-electron chi connectivity index (χ4n) is 1.30. The van der Waals surface area contributed by atoms with Crippen molar-refractivity contribution in [3.8, 4) is 0 Å². The van der Waals surface area contributed by atoms with E-state index in [1.54, 1.807) is 19.1 Å². The van der Waals surface area contributed by atoms with Crippen LogP contribution in [0.4, 0.5) is 5.69 Å². The molecule has 1 aromatic carbocycles. The van der Waals surface area contributed by atoms with Crippen LogP contribution in [-0.4, -0.2) is 16.2 Å². The Hall–Kier alpha value is -0.730. The summed E-state index contributed by atoms with van der Waals surface area (Å²) in [6.45, 7) is 3.53. The summed E-state index contributed by atoms with van der Waals surface area (Å²) in [5.41, 5.74) is 0.722. The monoisotopic (exact) mass is 259 g/mol. The highest BCUT2D eigenvalue weighted by molar-refractivity contribution is 6.42. The van der Waals surface area contributed by atoms with Crippen molar-refractivity contribution in [2.75, 3.05) is 5.32 Å². The van der Waals surface area contributed by atoms with Gasteiger partial charge in [0.15, 0.2) is 0 Å². The quantitative estimate of drug-likeness (QED) is 0.823. The predicted molar refractivity (Wildman–Crippen MR) is 69.3 cm³/mol. The van der Waals surface area contributed by atoms with Gasteiger partial charge in [0.25, 0.3) is 0 Å². The maximum absolute atomic E-state index is 11.9. The number of benzene rings is 1. The second kappa shape index (κ2) is 5.55. The highest BCUT2D eigenvalue weighted by Gasteiger charge is 2.37. The summed E-state index contributed by atoms with van der Waals surface area (Å²) in [5.74, 6) is -0.276. The molecule has 4 heteroatoms. The van der Waals surface area contributed by atoms with E-state index in [2.05, 4.69) is 5.32 Å². The molecule has 0 aliphatic heterocycles. The molecule has 2 unspecified atom stereocenters. The van der Waals surface area contributed by atoms with Gasteiger partial charge in [-0.05, 0) is 25.5 Å². The van der Waals surface area contributed by atoms with Crippen molar-refractivity contribution in [1.82, 2.24) is 0 Å². The SMILES string of the molecule is CCC(Cl)C(C)(Cl)C(=O)Nc1ccccc1. The van der Waals surface area contributed by atoms with Crippen LogP contribution in [0.5, 0.6) is 0 Å². The number of amides is 1. The molecule has 1 rings (SSSR count). The summed E-state index contributed by atoms with van der Waals surface area (Å²) < 4.78 is 0. The standard InChI is InChI=1S/C12H15Cl2NO/c1-3-10(13)12(2,14)11(16)15-9-7-5-4-6-8-9/h4-8,10H,3H2,1-2H3,(H,15,16). The van der Waals surface area contributed by atoms with Gasteiger partial charge in [-0.2, -0.15) is 0 Å². The number of halogens is 2. The zero-order chi connectivity index (χ0) is 12.2. The van der Waals surface area contributed by atoms with Gasteiger partial charge in [0.2, 0.25) is 5.91 Å². The first-order chi connectivity index (χ1) is 7.48. The molecular formula is C12H15Cl2NO. The van der Waals surface area contributed by atoms with Crippen LogP contribution in [0.1, 0.15) is 20.3 Å². The van der Waals surface area contributed by atoms with Gasteiger partial charge in [0.1, 0.15) is 4.87 Å². The van der Waals surface area contributed by atoms with Crippen molar-refractivity contribution in [3.63, 3.8) is 0 Å². The number of nitrogens with one attached hydrogen (secondary N) is 1. The molecule has 1 amide bonds. The number of hydrogen-bond acceptors (Lipinski definition) is 1. The first-order valence-electron chi connectivity index (χ1n) is 5.18. The first kappa shape index (κ1) is 13.3. The average molecular weight is 260 g/mol. The zero-order valence-electron chi connectivity index (χ0n) is 9.34. The van der Waals surface area contributed by atoms with E-state index < -0.39 is 10.3 Å². The lowest BCUT2D eigenvalue weighted by atomic mass is 10.0. The van der Waals surface area contributed by atoms with Crippen molar-refractivity contribution in [1.29, 1.82) is 0 Å². The topological polar surface area (TPSA) is 29.1 Å².